The number of rotatable bonds is 4. The van der Waals surface area contributed by atoms with Gasteiger partial charge in [0.25, 0.3) is 0 Å². The fourth-order valence-electron chi connectivity index (χ4n) is 3.86. The number of hydrogen-bond acceptors (Lipinski definition) is 6. The van der Waals surface area contributed by atoms with E-state index in [2.05, 4.69) is 10.1 Å². The lowest BCUT2D eigenvalue weighted by Crippen LogP contribution is -2.13. The van der Waals surface area contributed by atoms with Crippen LogP contribution < -0.4 is 0 Å². The van der Waals surface area contributed by atoms with Gasteiger partial charge >= 0.3 is 5.97 Å². The molecule has 0 saturated carbocycles. The van der Waals surface area contributed by atoms with E-state index in [0.717, 1.165) is 21.3 Å². The highest BCUT2D eigenvalue weighted by Gasteiger charge is 2.26. The number of halogens is 1. The molecule has 0 saturated heterocycles. The molecule has 5 aromatic rings. The second-order valence-corrected chi connectivity index (χ2v) is 8.90. The van der Waals surface area contributed by atoms with E-state index in [1.807, 2.05) is 31.3 Å². The molecular formula is C23H17ClN4O3S. The largest absolute Gasteiger partial charge is 0.479 e. The number of nitrogens with zero attached hydrogens (tertiary/aromatic N) is 4. The molecule has 3 heterocycles. The van der Waals surface area contributed by atoms with Gasteiger partial charge in [0.2, 0.25) is 0 Å². The van der Waals surface area contributed by atoms with Gasteiger partial charge in [-0.05, 0) is 48.4 Å². The Morgan fingerprint density at radius 2 is 1.88 bits per heavy atom. The average molecular weight is 465 g/mol. The van der Waals surface area contributed by atoms with Gasteiger partial charge in [-0.3, -0.25) is 4.68 Å². The van der Waals surface area contributed by atoms with Crippen LogP contribution in [0.4, 0.5) is 0 Å². The molecule has 0 aliphatic carbocycles. The van der Waals surface area contributed by atoms with Gasteiger partial charge in [0.15, 0.2) is 6.10 Å². The average Bonchev–Trinajstić information content (AvgIpc) is 3.36. The number of pyridine rings is 1. The summed E-state index contributed by atoms with van der Waals surface area (Å²) in [6.45, 7) is 1.78. The standard InChI is InChI=1S/C23H17ClN4O3S/c1-11-9-15-21(19(18(11)20(29)23(30)31)12-3-5-13(24)6-4-12)32-22(27-15)14-7-8-17-16(26-14)10-25-28(17)2/h3-10,20,29H,1-2H3,(H,30,31). The monoisotopic (exact) mass is 464 g/mol. The van der Waals surface area contributed by atoms with Crippen molar-refractivity contribution in [1.82, 2.24) is 19.7 Å². The van der Waals surface area contributed by atoms with Crippen LogP contribution in [0.3, 0.4) is 0 Å². The molecule has 9 heteroatoms. The van der Waals surface area contributed by atoms with Crippen LogP contribution >= 0.6 is 22.9 Å². The summed E-state index contributed by atoms with van der Waals surface area (Å²) >= 11 is 7.47. The van der Waals surface area contributed by atoms with Crippen molar-refractivity contribution in [2.45, 2.75) is 13.0 Å². The maximum absolute atomic E-state index is 11.7. The predicted molar refractivity (Wildman–Crippen MR) is 125 cm³/mol. The van der Waals surface area contributed by atoms with E-state index in [-0.39, 0.29) is 0 Å². The van der Waals surface area contributed by atoms with Crippen molar-refractivity contribution in [3.63, 3.8) is 0 Å². The molecule has 32 heavy (non-hydrogen) atoms. The first-order valence-electron chi connectivity index (χ1n) is 9.73. The number of aliphatic hydroxyl groups excluding tert-OH is 1. The van der Waals surface area contributed by atoms with Crippen LogP contribution in [0.25, 0.3) is 43.1 Å². The molecule has 0 aliphatic rings. The maximum atomic E-state index is 11.7. The number of hydrogen-bond donors (Lipinski definition) is 2. The van der Waals surface area contributed by atoms with Crippen molar-refractivity contribution in [3.05, 3.63) is 64.8 Å². The zero-order valence-electron chi connectivity index (χ0n) is 17.1. The second kappa shape index (κ2) is 7.67. The molecule has 2 N–H and O–H groups in total. The molecule has 160 valence electrons. The minimum atomic E-state index is -1.67. The maximum Gasteiger partial charge on any atom is 0.337 e. The number of aliphatic hydroxyl groups is 1. The SMILES string of the molecule is Cc1cc2nc(-c3ccc4c(cnn4C)n3)sc2c(-c2ccc(Cl)cc2)c1C(O)C(=O)O. The molecule has 0 amide bonds. The molecule has 2 aromatic carbocycles. The van der Waals surface area contributed by atoms with Crippen LogP contribution in [0.2, 0.25) is 5.02 Å². The van der Waals surface area contributed by atoms with Crippen LogP contribution in [-0.2, 0) is 11.8 Å². The molecule has 0 radical (unpaired) electrons. The summed E-state index contributed by atoms with van der Waals surface area (Å²) in [6.07, 6.45) is 0.0389. The fraction of sp³-hybridized carbons (Fsp3) is 0.130. The quantitative estimate of drug-likeness (QED) is 0.388. The van der Waals surface area contributed by atoms with Gasteiger partial charge < -0.3 is 10.2 Å². The molecular weight excluding hydrogens is 448 g/mol. The molecule has 5 rings (SSSR count). The number of aryl methyl sites for hydroxylation is 2. The summed E-state index contributed by atoms with van der Waals surface area (Å²) in [5.41, 5.74) is 5.47. The topological polar surface area (TPSA) is 101 Å². The summed E-state index contributed by atoms with van der Waals surface area (Å²) in [6, 6.07) is 12.7. The number of carboxylic acid groups (broad SMARTS) is 1. The van der Waals surface area contributed by atoms with Crippen molar-refractivity contribution in [1.29, 1.82) is 0 Å². The first-order valence-corrected chi connectivity index (χ1v) is 10.9. The molecule has 0 fully saturated rings. The highest BCUT2D eigenvalue weighted by molar-refractivity contribution is 7.22. The zero-order valence-corrected chi connectivity index (χ0v) is 18.6. The number of thiazole rings is 1. The number of aliphatic carboxylic acids is 1. The number of carbonyl (C=O) groups is 1. The molecule has 0 aliphatic heterocycles. The third-order valence-electron chi connectivity index (χ3n) is 5.39. The second-order valence-electron chi connectivity index (χ2n) is 7.47. The van der Waals surface area contributed by atoms with Crippen molar-refractivity contribution in [2.24, 2.45) is 7.05 Å². The van der Waals surface area contributed by atoms with E-state index in [9.17, 15) is 15.0 Å². The number of aromatic nitrogens is 4. The Morgan fingerprint density at radius 3 is 2.59 bits per heavy atom. The highest BCUT2D eigenvalue weighted by atomic mass is 35.5. The summed E-state index contributed by atoms with van der Waals surface area (Å²) in [5, 5.41) is 25.5. The molecule has 1 unspecified atom stereocenters. The van der Waals surface area contributed by atoms with Crippen molar-refractivity contribution in [3.8, 4) is 21.8 Å². The van der Waals surface area contributed by atoms with E-state index >= 15 is 0 Å². The van der Waals surface area contributed by atoms with Crippen molar-refractivity contribution >= 4 is 50.2 Å². The number of fused-ring (bicyclic) bond motifs is 2. The minimum Gasteiger partial charge on any atom is -0.479 e. The van der Waals surface area contributed by atoms with E-state index in [1.54, 1.807) is 36.0 Å². The van der Waals surface area contributed by atoms with Gasteiger partial charge in [-0.2, -0.15) is 5.10 Å². The van der Waals surface area contributed by atoms with Gasteiger partial charge in [0.05, 0.1) is 27.6 Å². The van der Waals surface area contributed by atoms with Gasteiger partial charge in [-0.15, -0.1) is 11.3 Å². The van der Waals surface area contributed by atoms with Crippen LogP contribution in [0.1, 0.15) is 17.2 Å². The van der Waals surface area contributed by atoms with Crippen molar-refractivity contribution in [2.75, 3.05) is 0 Å². The van der Waals surface area contributed by atoms with Gasteiger partial charge in [-0.25, -0.2) is 14.8 Å². The van der Waals surface area contributed by atoms with Crippen LogP contribution in [0.15, 0.2) is 48.7 Å². The Bertz CT molecular complexity index is 1510. The van der Waals surface area contributed by atoms with E-state index in [1.165, 1.54) is 11.3 Å². The first-order chi connectivity index (χ1) is 15.3. The fourth-order valence-corrected chi connectivity index (χ4v) is 5.08. The zero-order chi connectivity index (χ0) is 22.6. The molecule has 0 spiro atoms. The number of carboxylic acids is 1. The molecule has 7 nitrogen and oxygen atoms in total. The van der Waals surface area contributed by atoms with Crippen LogP contribution in [-0.4, -0.2) is 35.9 Å². The Balaban J connectivity index is 1.78. The van der Waals surface area contributed by atoms with Crippen molar-refractivity contribution < 1.29 is 15.0 Å². The minimum absolute atomic E-state index is 0.346. The molecule has 3 aromatic heterocycles. The Morgan fingerprint density at radius 1 is 1.12 bits per heavy atom. The Labute approximate surface area is 191 Å². The van der Waals surface area contributed by atoms with E-state index in [0.29, 0.717) is 37.9 Å². The smallest absolute Gasteiger partial charge is 0.337 e. The lowest BCUT2D eigenvalue weighted by molar-refractivity contribution is -0.146. The lowest BCUT2D eigenvalue weighted by Gasteiger charge is -2.16. The summed E-state index contributed by atoms with van der Waals surface area (Å²) in [7, 11) is 1.86. The van der Waals surface area contributed by atoms with Gasteiger partial charge in [0, 0.05) is 23.2 Å². The third kappa shape index (κ3) is 3.33. The summed E-state index contributed by atoms with van der Waals surface area (Å²) in [5.74, 6) is -1.31. The third-order valence-corrected chi connectivity index (χ3v) is 6.75. The van der Waals surface area contributed by atoms with Gasteiger partial charge in [0.1, 0.15) is 10.5 Å². The summed E-state index contributed by atoms with van der Waals surface area (Å²) in [4.78, 5) is 21.1. The van der Waals surface area contributed by atoms with E-state index < -0.39 is 12.1 Å². The Kier molecular flexibility index (Phi) is 4.93. The van der Waals surface area contributed by atoms with Crippen LogP contribution in [0, 0.1) is 6.92 Å². The normalized spacial score (nSPS) is 12.5. The lowest BCUT2D eigenvalue weighted by atomic mass is 9.92. The number of benzene rings is 2. The Hall–Kier alpha value is -3.33. The van der Waals surface area contributed by atoms with Gasteiger partial charge in [-0.1, -0.05) is 23.7 Å². The molecule has 0 bridgehead atoms. The first kappa shape index (κ1) is 20.6. The summed E-state index contributed by atoms with van der Waals surface area (Å²) < 4.78 is 2.53. The van der Waals surface area contributed by atoms with E-state index in [4.69, 9.17) is 16.6 Å². The molecule has 1 atom stereocenters. The highest BCUT2D eigenvalue weighted by Crippen LogP contribution is 2.42. The predicted octanol–water partition coefficient (Wildman–Crippen LogP) is 4.99. The van der Waals surface area contributed by atoms with Crippen LogP contribution in [0.5, 0.6) is 0 Å².